The molecule has 0 saturated carbocycles. The summed E-state index contributed by atoms with van der Waals surface area (Å²) in [6.07, 6.45) is 0. The van der Waals surface area contributed by atoms with Crippen molar-refractivity contribution in [2.45, 2.75) is 20.1 Å². The van der Waals surface area contributed by atoms with E-state index in [2.05, 4.69) is 21.2 Å². The van der Waals surface area contributed by atoms with Crippen molar-refractivity contribution in [2.24, 2.45) is 0 Å². The van der Waals surface area contributed by atoms with Crippen LogP contribution in [0.4, 0.5) is 8.78 Å². The first-order valence-corrected chi connectivity index (χ1v) is 7.46. The van der Waals surface area contributed by atoms with E-state index in [0.29, 0.717) is 22.3 Å². The minimum absolute atomic E-state index is 0.211. The van der Waals surface area contributed by atoms with Crippen molar-refractivity contribution in [1.29, 1.82) is 0 Å². The van der Waals surface area contributed by atoms with Crippen molar-refractivity contribution in [3.05, 3.63) is 63.6 Å². The molecule has 0 spiro atoms. The van der Waals surface area contributed by atoms with Gasteiger partial charge < -0.3 is 10.1 Å². The summed E-state index contributed by atoms with van der Waals surface area (Å²) < 4.78 is 32.9. The van der Waals surface area contributed by atoms with Crippen LogP contribution >= 0.6 is 15.9 Å². The van der Waals surface area contributed by atoms with E-state index in [1.165, 1.54) is 18.2 Å². The van der Waals surface area contributed by atoms with Crippen molar-refractivity contribution < 1.29 is 13.5 Å². The molecule has 0 atom stereocenters. The van der Waals surface area contributed by atoms with Crippen molar-refractivity contribution >= 4 is 15.9 Å². The van der Waals surface area contributed by atoms with Gasteiger partial charge in [-0.3, -0.25) is 0 Å². The third-order valence-corrected chi connectivity index (χ3v) is 3.89. The molecule has 1 N–H and O–H groups in total. The second-order valence-electron chi connectivity index (χ2n) is 4.53. The highest BCUT2D eigenvalue weighted by atomic mass is 79.9. The summed E-state index contributed by atoms with van der Waals surface area (Å²) in [5.74, 6) is -0.0428. The number of hydrogen-bond acceptors (Lipinski definition) is 2. The van der Waals surface area contributed by atoms with Crippen LogP contribution in [0.2, 0.25) is 0 Å². The lowest BCUT2D eigenvalue weighted by molar-refractivity contribution is 0.300. The quantitative estimate of drug-likeness (QED) is 0.828. The summed E-state index contributed by atoms with van der Waals surface area (Å²) in [4.78, 5) is 0. The van der Waals surface area contributed by atoms with Gasteiger partial charge in [0.05, 0.1) is 4.47 Å². The van der Waals surface area contributed by atoms with E-state index < -0.39 is 0 Å². The van der Waals surface area contributed by atoms with Crippen LogP contribution in [0, 0.1) is 11.6 Å². The number of rotatable bonds is 6. The molecule has 0 saturated heterocycles. The highest BCUT2D eigenvalue weighted by molar-refractivity contribution is 9.10. The lowest BCUT2D eigenvalue weighted by atomic mass is 10.2. The van der Waals surface area contributed by atoms with Crippen LogP contribution in [0.15, 0.2) is 40.9 Å². The molecule has 2 aromatic rings. The maximum absolute atomic E-state index is 13.4. The summed E-state index contributed by atoms with van der Waals surface area (Å²) in [5, 5.41) is 3.13. The fraction of sp³-hybridized carbons (Fsp3) is 0.250. The maximum Gasteiger partial charge on any atom is 0.137 e. The Kier molecular flexibility index (Phi) is 5.70. The van der Waals surface area contributed by atoms with Gasteiger partial charge in [-0.2, -0.15) is 0 Å². The van der Waals surface area contributed by atoms with Crippen molar-refractivity contribution in [3.8, 4) is 5.75 Å². The Morgan fingerprint density at radius 2 is 1.95 bits per heavy atom. The first-order valence-electron chi connectivity index (χ1n) is 6.66. The highest BCUT2D eigenvalue weighted by Crippen LogP contribution is 2.24. The van der Waals surface area contributed by atoms with Gasteiger partial charge >= 0.3 is 0 Å². The van der Waals surface area contributed by atoms with Gasteiger partial charge in [0.2, 0.25) is 0 Å². The van der Waals surface area contributed by atoms with Crippen LogP contribution in [-0.2, 0) is 13.2 Å². The largest absolute Gasteiger partial charge is 0.489 e. The van der Waals surface area contributed by atoms with E-state index >= 15 is 0 Å². The number of hydrogen-bond donors (Lipinski definition) is 1. The van der Waals surface area contributed by atoms with Crippen LogP contribution < -0.4 is 10.1 Å². The molecule has 0 heterocycles. The molecule has 0 amide bonds. The number of halogens is 3. The first kappa shape index (κ1) is 15.9. The maximum atomic E-state index is 13.4. The Balaban J connectivity index is 2.14. The Morgan fingerprint density at radius 3 is 2.71 bits per heavy atom. The predicted molar refractivity (Wildman–Crippen MR) is 82.2 cm³/mol. The average Bonchev–Trinajstić information content (AvgIpc) is 2.48. The van der Waals surface area contributed by atoms with Gasteiger partial charge in [-0.15, -0.1) is 0 Å². The van der Waals surface area contributed by atoms with Gasteiger partial charge in [0, 0.05) is 17.7 Å². The van der Waals surface area contributed by atoms with E-state index in [4.69, 9.17) is 4.74 Å². The summed E-state index contributed by atoms with van der Waals surface area (Å²) in [7, 11) is 0. The smallest absolute Gasteiger partial charge is 0.137 e. The Bertz CT molecular complexity index is 619. The lowest BCUT2D eigenvalue weighted by Gasteiger charge is -2.13. The Morgan fingerprint density at radius 1 is 1.14 bits per heavy atom. The molecule has 2 nitrogen and oxygen atoms in total. The Labute approximate surface area is 131 Å². The monoisotopic (exact) mass is 355 g/mol. The van der Waals surface area contributed by atoms with Gasteiger partial charge in [-0.1, -0.05) is 19.1 Å². The third kappa shape index (κ3) is 4.25. The molecule has 112 valence electrons. The Hall–Kier alpha value is -1.46. The van der Waals surface area contributed by atoms with Gasteiger partial charge in [0.25, 0.3) is 0 Å². The first-order chi connectivity index (χ1) is 10.1. The fourth-order valence-electron chi connectivity index (χ4n) is 1.90. The topological polar surface area (TPSA) is 21.3 Å². The van der Waals surface area contributed by atoms with E-state index in [1.807, 2.05) is 6.92 Å². The molecule has 0 aliphatic carbocycles. The minimum Gasteiger partial charge on any atom is -0.489 e. The van der Waals surface area contributed by atoms with Crippen LogP contribution in [0.25, 0.3) is 0 Å². The third-order valence-electron chi connectivity index (χ3n) is 3.00. The lowest BCUT2D eigenvalue weighted by Crippen LogP contribution is -2.13. The summed E-state index contributed by atoms with van der Waals surface area (Å²) in [6.45, 7) is 3.49. The minimum atomic E-state index is -0.330. The van der Waals surface area contributed by atoms with Gasteiger partial charge in [0.1, 0.15) is 24.0 Å². The van der Waals surface area contributed by atoms with Gasteiger partial charge in [-0.05, 0) is 46.7 Å². The molecule has 0 aliphatic heterocycles. The average molecular weight is 356 g/mol. The zero-order chi connectivity index (χ0) is 15.2. The standard InChI is InChI=1S/C16H16BrF2NO/c1-2-20-9-12-8-13(18)6-7-15(12)21-10-11-4-3-5-14(19)16(11)17/h3-8,20H,2,9-10H2,1H3. The number of ether oxygens (including phenoxy) is 1. The molecule has 0 aromatic heterocycles. The number of benzene rings is 2. The van der Waals surface area contributed by atoms with Crippen LogP contribution in [0.3, 0.4) is 0 Å². The van der Waals surface area contributed by atoms with E-state index in [9.17, 15) is 8.78 Å². The summed E-state index contributed by atoms with van der Waals surface area (Å²) in [6, 6.07) is 9.17. The summed E-state index contributed by atoms with van der Waals surface area (Å²) in [5.41, 5.74) is 1.44. The zero-order valence-corrected chi connectivity index (χ0v) is 13.2. The summed E-state index contributed by atoms with van der Waals surface area (Å²) >= 11 is 3.20. The second-order valence-corrected chi connectivity index (χ2v) is 5.33. The van der Waals surface area contributed by atoms with E-state index in [1.54, 1.807) is 18.2 Å². The predicted octanol–water partition coefficient (Wildman–Crippen LogP) is 4.42. The van der Waals surface area contributed by atoms with Crippen LogP contribution in [-0.4, -0.2) is 6.54 Å². The molecule has 0 bridgehead atoms. The van der Waals surface area contributed by atoms with Crippen LogP contribution in [0.1, 0.15) is 18.1 Å². The normalized spacial score (nSPS) is 10.7. The molecule has 0 aliphatic rings. The molecular weight excluding hydrogens is 340 g/mol. The van der Waals surface area contributed by atoms with Crippen LogP contribution in [0.5, 0.6) is 5.75 Å². The number of nitrogens with one attached hydrogen (secondary N) is 1. The van der Waals surface area contributed by atoms with Gasteiger partial charge in [-0.25, -0.2) is 8.78 Å². The molecule has 2 aromatic carbocycles. The van der Waals surface area contributed by atoms with Crippen molar-refractivity contribution in [2.75, 3.05) is 6.54 Å². The van der Waals surface area contributed by atoms with Crippen molar-refractivity contribution in [1.82, 2.24) is 5.32 Å². The molecule has 2 rings (SSSR count). The SMILES string of the molecule is CCNCc1cc(F)ccc1OCc1cccc(F)c1Br. The highest BCUT2D eigenvalue weighted by Gasteiger charge is 2.09. The molecular formula is C16H16BrF2NO. The second kappa shape index (κ2) is 7.52. The molecule has 0 radical (unpaired) electrons. The van der Waals surface area contributed by atoms with Crippen molar-refractivity contribution in [3.63, 3.8) is 0 Å². The molecule has 21 heavy (non-hydrogen) atoms. The van der Waals surface area contributed by atoms with E-state index in [-0.39, 0.29) is 18.2 Å². The van der Waals surface area contributed by atoms with E-state index in [0.717, 1.165) is 12.1 Å². The zero-order valence-electron chi connectivity index (χ0n) is 11.6. The molecule has 5 heteroatoms. The fourth-order valence-corrected chi connectivity index (χ4v) is 2.28. The van der Waals surface area contributed by atoms with Gasteiger partial charge in [0.15, 0.2) is 0 Å². The molecule has 0 unspecified atom stereocenters. The molecule has 0 fully saturated rings.